The fourth-order valence-corrected chi connectivity index (χ4v) is 1.69. The van der Waals surface area contributed by atoms with Gasteiger partial charge in [0.05, 0.1) is 31.0 Å². The third-order valence-electron chi connectivity index (χ3n) is 2.57. The molecular formula is C9H12N6. The minimum atomic E-state index is 0.451. The maximum atomic E-state index is 5.50. The highest BCUT2D eigenvalue weighted by Crippen LogP contribution is 2.35. The van der Waals surface area contributed by atoms with Gasteiger partial charge in [-0.15, -0.1) is 5.10 Å². The summed E-state index contributed by atoms with van der Waals surface area (Å²) in [6.45, 7) is 0.681. The number of nitrogens with two attached hydrogens (primary N) is 1. The van der Waals surface area contributed by atoms with Crippen molar-refractivity contribution in [1.82, 2.24) is 24.5 Å². The van der Waals surface area contributed by atoms with Gasteiger partial charge in [0, 0.05) is 6.04 Å². The second kappa shape index (κ2) is 3.08. The summed E-state index contributed by atoms with van der Waals surface area (Å²) in [4.78, 5) is 4.16. The fraction of sp³-hybridized carbons (Fsp3) is 0.444. The summed E-state index contributed by atoms with van der Waals surface area (Å²) in [6.07, 6.45) is 7.99. The van der Waals surface area contributed by atoms with Crippen molar-refractivity contribution in [2.24, 2.45) is 0 Å². The topological polar surface area (TPSA) is 74.6 Å². The van der Waals surface area contributed by atoms with Gasteiger partial charge in [0.2, 0.25) is 0 Å². The number of rotatable bonds is 3. The predicted octanol–water partition coefficient (Wildman–Crippen LogP) is 0.440. The molecule has 15 heavy (non-hydrogen) atoms. The Morgan fingerprint density at radius 3 is 3.00 bits per heavy atom. The number of imidazole rings is 1. The molecule has 6 heteroatoms. The molecule has 0 bridgehead atoms. The molecule has 2 heterocycles. The maximum Gasteiger partial charge on any atom is 0.165 e. The summed E-state index contributed by atoms with van der Waals surface area (Å²) in [6, 6.07) is 0.642. The molecule has 1 aliphatic carbocycles. The van der Waals surface area contributed by atoms with E-state index < -0.39 is 0 Å². The van der Waals surface area contributed by atoms with Gasteiger partial charge in [-0.2, -0.15) is 0 Å². The highest BCUT2D eigenvalue weighted by atomic mass is 15.4. The van der Waals surface area contributed by atoms with Gasteiger partial charge in [0.15, 0.2) is 5.82 Å². The summed E-state index contributed by atoms with van der Waals surface area (Å²) in [5.74, 6) is 0.451. The highest BCUT2D eigenvalue weighted by molar-refractivity contribution is 5.20. The molecule has 1 aliphatic rings. The lowest BCUT2D eigenvalue weighted by Crippen LogP contribution is -2.06. The Bertz CT molecular complexity index is 466. The lowest BCUT2D eigenvalue weighted by molar-refractivity contribution is 0.597. The third-order valence-corrected chi connectivity index (χ3v) is 2.57. The molecule has 0 atom stereocenters. The molecule has 0 aromatic carbocycles. The first-order chi connectivity index (χ1) is 7.33. The standard InChI is InChI=1S/C9H12N6/c10-9-5-14(13-12-9)4-8-3-11-6-15(8)7-1-2-7/h3,5-7H,1-2,4,10H2. The number of nitrogen functional groups attached to an aromatic ring is 1. The van der Waals surface area contributed by atoms with Crippen LogP contribution in [0.5, 0.6) is 0 Å². The quantitative estimate of drug-likeness (QED) is 0.787. The molecule has 0 spiro atoms. The second-order valence-electron chi connectivity index (χ2n) is 3.86. The third kappa shape index (κ3) is 1.58. The summed E-state index contributed by atoms with van der Waals surface area (Å²) >= 11 is 0. The Hall–Kier alpha value is -1.85. The van der Waals surface area contributed by atoms with Crippen LogP contribution in [0.1, 0.15) is 24.6 Å². The van der Waals surface area contributed by atoms with E-state index in [-0.39, 0.29) is 0 Å². The van der Waals surface area contributed by atoms with Gasteiger partial charge >= 0.3 is 0 Å². The first kappa shape index (κ1) is 8.46. The summed E-state index contributed by atoms with van der Waals surface area (Å²) in [7, 11) is 0. The molecule has 0 radical (unpaired) electrons. The minimum Gasteiger partial charge on any atom is -0.381 e. The molecule has 78 valence electrons. The zero-order valence-corrected chi connectivity index (χ0v) is 8.24. The van der Waals surface area contributed by atoms with Crippen LogP contribution >= 0.6 is 0 Å². The van der Waals surface area contributed by atoms with Crippen molar-refractivity contribution in [3.05, 3.63) is 24.4 Å². The van der Waals surface area contributed by atoms with E-state index in [1.165, 1.54) is 12.8 Å². The average molecular weight is 204 g/mol. The van der Waals surface area contributed by atoms with Crippen molar-refractivity contribution >= 4 is 5.82 Å². The van der Waals surface area contributed by atoms with Crippen LogP contribution in [-0.2, 0) is 6.54 Å². The van der Waals surface area contributed by atoms with E-state index in [1.54, 1.807) is 10.9 Å². The lowest BCUT2D eigenvalue weighted by atomic mass is 10.4. The van der Waals surface area contributed by atoms with E-state index in [0.717, 1.165) is 5.69 Å². The Balaban J connectivity index is 1.84. The smallest absolute Gasteiger partial charge is 0.165 e. The van der Waals surface area contributed by atoms with Gasteiger partial charge in [0.25, 0.3) is 0 Å². The summed E-state index contributed by atoms with van der Waals surface area (Å²) < 4.78 is 3.93. The Kier molecular flexibility index (Phi) is 1.74. The number of hydrogen-bond acceptors (Lipinski definition) is 4. The van der Waals surface area contributed by atoms with Gasteiger partial charge < -0.3 is 10.3 Å². The largest absolute Gasteiger partial charge is 0.381 e. The molecular weight excluding hydrogens is 192 g/mol. The number of aromatic nitrogens is 5. The van der Waals surface area contributed by atoms with E-state index in [1.807, 2.05) is 12.5 Å². The molecule has 2 aromatic rings. The second-order valence-corrected chi connectivity index (χ2v) is 3.86. The first-order valence-corrected chi connectivity index (χ1v) is 4.99. The fourth-order valence-electron chi connectivity index (χ4n) is 1.69. The number of anilines is 1. The zero-order valence-electron chi connectivity index (χ0n) is 8.24. The van der Waals surface area contributed by atoms with E-state index in [9.17, 15) is 0 Å². The highest BCUT2D eigenvalue weighted by Gasteiger charge is 2.25. The van der Waals surface area contributed by atoms with E-state index in [2.05, 4.69) is 19.9 Å². The van der Waals surface area contributed by atoms with Gasteiger partial charge in [-0.3, -0.25) is 0 Å². The van der Waals surface area contributed by atoms with Crippen molar-refractivity contribution in [2.75, 3.05) is 5.73 Å². The van der Waals surface area contributed by atoms with Crippen LogP contribution in [0.4, 0.5) is 5.82 Å². The van der Waals surface area contributed by atoms with E-state index in [4.69, 9.17) is 5.73 Å². The van der Waals surface area contributed by atoms with Crippen LogP contribution in [0.25, 0.3) is 0 Å². The Morgan fingerprint density at radius 1 is 1.47 bits per heavy atom. The number of nitrogens with zero attached hydrogens (tertiary/aromatic N) is 5. The molecule has 2 N–H and O–H groups in total. The number of hydrogen-bond donors (Lipinski definition) is 1. The maximum absolute atomic E-state index is 5.50. The molecule has 0 saturated heterocycles. The van der Waals surface area contributed by atoms with Crippen molar-refractivity contribution < 1.29 is 0 Å². The van der Waals surface area contributed by atoms with Crippen LogP contribution in [0.2, 0.25) is 0 Å². The van der Waals surface area contributed by atoms with Gasteiger partial charge in [-0.25, -0.2) is 9.67 Å². The monoisotopic (exact) mass is 204 g/mol. The molecule has 0 amide bonds. The Morgan fingerprint density at radius 2 is 2.33 bits per heavy atom. The van der Waals surface area contributed by atoms with Crippen LogP contribution in [0, 0.1) is 0 Å². The summed E-state index contributed by atoms with van der Waals surface area (Å²) in [5, 5.41) is 7.66. The molecule has 6 nitrogen and oxygen atoms in total. The zero-order chi connectivity index (χ0) is 10.3. The van der Waals surface area contributed by atoms with Crippen LogP contribution in [0.15, 0.2) is 18.7 Å². The van der Waals surface area contributed by atoms with Crippen LogP contribution in [-0.4, -0.2) is 24.5 Å². The van der Waals surface area contributed by atoms with Crippen molar-refractivity contribution in [3.8, 4) is 0 Å². The van der Waals surface area contributed by atoms with E-state index >= 15 is 0 Å². The predicted molar refractivity (Wildman–Crippen MR) is 54.0 cm³/mol. The van der Waals surface area contributed by atoms with Crippen molar-refractivity contribution in [2.45, 2.75) is 25.4 Å². The molecule has 3 rings (SSSR count). The molecule has 2 aromatic heterocycles. The van der Waals surface area contributed by atoms with Gasteiger partial charge in [-0.05, 0) is 12.8 Å². The van der Waals surface area contributed by atoms with Gasteiger partial charge in [0.1, 0.15) is 0 Å². The molecule has 0 unspecified atom stereocenters. The van der Waals surface area contributed by atoms with Crippen LogP contribution < -0.4 is 5.73 Å². The lowest BCUT2D eigenvalue weighted by Gasteiger charge is -2.05. The molecule has 1 fully saturated rings. The minimum absolute atomic E-state index is 0.451. The van der Waals surface area contributed by atoms with Gasteiger partial charge in [-0.1, -0.05) is 5.21 Å². The van der Waals surface area contributed by atoms with Crippen molar-refractivity contribution in [3.63, 3.8) is 0 Å². The first-order valence-electron chi connectivity index (χ1n) is 4.99. The normalized spacial score (nSPS) is 15.7. The Labute approximate surface area is 86.7 Å². The summed E-state index contributed by atoms with van der Waals surface area (Å²) in [5.41, 5.74) is 6.66. The van der Waals surface area contributed by atoms with Crippen molar-refractivity contribution in [1.29, 1.82) is 0 Å². The molecule has 0 aliphatic heterocycles. The molecule has 1 saturated carbocycles. The average Bonchev–Trinajstić information content (AvgIpc) is 2.83. The van der Waals surface area contributed by atoms with E-state index in [0.29, 0.717) is 18.4 Å². The van der Waals surface area contributed by atoms with Crippen LogP contribution in [0.3, 0.4) is 0 Å². The SMILES string of the molecule is Nc1cn(Cc2cncn2C2CC2)nn1.